The number of aliphatic hydroxyl groups excluding tert-OH is 1. The number of aromatic nitrogens is 2. The van der Waals surface area contributed by atoms with E-state index in [4.69, 9.17) is 0 Å². The molecule has 2 rings (SSSR count). The maximum absolute atomic E-state index is 11.7. The maximum Gasteiger partial charge on any atom is 0.240 e. The third-order valence-corrected chi connectivity index (χ3v) is 2.85. The second kappa shape index (κ2) is 5.64. The van der Waals surface area contributed by atoms with Crippen LogP contribution in [0.3, 0.4) is 0 Å². The number of carbonyl (C=O) groups is 1. The molecule has 0 spiro atoms. The summed E-state index contributed by atoms with van der Waals surface area (Å²) in [5, 5.41) is 12.1. The molecule has 1 amide bonds. The normalized spacial score (nSPS) is 12.6. The summed E-state index contributed by atoms with van der Waals surface area (Å²) in [6.45, 7) is 2.39. The minimum absolute atomic E-state index is 0.120. The Morgan fingerprint density at radius 1 is 1.50 bits per heavy atom. The zero-order valence-corrected chi connectivity index (χ0v) is 10.3. The molecule has 5 nitrogen and oxygen atoms in total. The van der Waals surface area contributed by atoms with E-state index in [0.29, 0.717) is 13.0 Å². The molecule has 0 aliphatic rings. The Morgan fingerprint density at radius 3 is 3.06 bits per heavy atom. The smallest absolute Gasteiger partial charge is 0.240 e. The number of nitrogens with one attached hydrogen (secondary N) is 1. The van der Waals surface area contributed by atoms with Crippen LogP contribution >= 0.6 is 0 Å². The molecule has 5 heteroatoms. The lowest BCUT2D eigenvalue weighted by Gasteiger charge is -2.10. The van der Waals surface area contributed by atoms with Gasteiger partial charge < -0.3 is 15.0 Å². The van der Waals surface area contributed by atoms with Gasteiger partial charge in [0.2, 0.25) is 5.91 Å². The summed E-state index contributed by atoms with van der Waals surface area (Å²) < 4.78 is 1.79. The molecule has 1 heterocycles. The van der Waals surface area contributed by atoms with Gasteiger partial charge in [-0.25, -0.2) is 4.98 Å². The zero-order chi connectivity index (χ0) is 13.0. The van der Waals surface area contributed by atoms with Crippen LogP contribution in [-0.4, -0.2) is 33.2 Å². The number of fused-ring (bicyclic) bond motifs is 1. The van der Waals surface area contributed by atoms with Crippen LogP contribution in [0, 0.1) is 0 Å². The standard InChI is InChI=1S/C13H17N3O2/c1-2-10(17)7-14-13(18)8-16-9-15-11-5-3-4-6-12(11)16/h3-6,9-10,17H,2,7-8H2,1H3,(H,14,18). The van der Waals surface area contributed by atoms with Crippen LogP contribution in [0.25, 0.3) is 11.0 Å². The lowest BCUT2D eigenvalue weighted by molar-refractivity contribution is -0.122. The van der Waals surface area contributed by atoms with Crippen LogP contribution in [0.2, 0.25) is 0 Å². The number of hydrogen-bond donors (Lipinski definition) is 2. The molecule has 0 aliphatic heterocycles. The fraction of sp³-hybridized carbons (Fsp3) is 0.385. The summed E-state index contributed by atoms with van der Waals surface area (Å²) in [4.78, 5) is 15.9. The number of imidazole rings is 1. The second-order valence-corrected chi connectivity index (χ2v) is 4.23. The van der Waals surface area contributed by atoms with Crippen molar-refractivity contribution < 1.29 is 9.90 Å². The highest BCUT2D eigenvalue weighted by atomic mass is 16.3. The summed E-state index contributed by atoms with van der Waals surface area (Å²) in [5.41, 5.74) is 1.81. The van der Waals surface area contributed by atoms with Gasteiger partial charge in [-0.2, -0.15) is 0 Å². The summed E-state index contributed by atoms with van der Waals surface area (Å²) in [7, 11) is 0. The Morgan fingerprint density at radius 2 is 2.28 bits per heavy atom. The third kappa shape index (κ3) is 2.87. The number of aliphatic hydroxyl groups is 1. The zero-order valence-electron chi connectivity index (χ0n) is 10.3. The van der Waals surface area contributed by atoms with E-state index in [2.05, 4.69) is 10.3 Å². The van der Waals surface area contributed by atoms with Crippen LogP contribution in [0.5, 0.6) is 0 Å². The highest BCUT2D eigenvalue weighted by molar-refractivity contribution is 5.80. The molecule has 1 aromatic carbocycles. The van der Waals surface area contributed by atoms with Crippen molar-refractivity contribution in [2.45, 2.75) is 26.0 Å². The molecule has 1 atom stereocenters. The molecular weight excluding hydrogens is 230 g/mol. The van der Waals surface area contributed by atoms with E-state index < -0.39 is 6.10 Å². The average Bonchev–Trinajstić information content (AvgIpc) is 2.79. The van der Waals surface area contributed by atoms with Crippen LogP contribution in [0.15, 0.2) is 30.6 Å². The first kappa shape index (κ1) is 12.6. The summed E-state index contributed by atoms with van der Waals surface area (Å²) in [5.74, 6) is -0.120. The van der Waals surface area contributed by atoms with Crippen molar-refractivity contribution in [1.82, 2.24) is 14.9 Å². The topological polar surface area (TPSA) is 67.2 Å². The van der Waals surface area contributed by atoms with E-state index in [0.717, 1.165) is 11.0 Å². The fourth-order valence-electron chi connectivity index (χ4n) is 1.72. The van der Waals surface area contributed by atoms with Gasteiger partial charge in [-0.1, -0.05) is 19.1 Å². The van der Waals surface area contributed by atoms with Crippen molar-refractivity contribution in [3.05, 3.63) is 30.6 Å². The van der Waals surface area contributed by atoms with Gasteiger partial charge in [-0.15, -0.1) is 0 Å². The van der Waals surface area contributed by atoms with Crippen molar-refractivity contribution in [2.24, 2.45) is 0 Å². The SMILES string of the molecule is CCC(O)CNC(=O)Cn1cnc2ccccc21. The lowest BCUT2D eigenvalue weighted by Crippen LogP contribution is -2.33. The molecule has 1 unspecified atom stereocenters. The van der Waals surface area contributed by atoms with E-state index in [-0.39, 0.29) is 12.5 Å². The van der Waals surface area contributed by atoms with Gasteiger partial charge in [0.05, 0.1) is 23.5 Å². The van der Waals surface area contributed by atoms with E-state index in [1.807, 2.05) is 31.2 Å². The number of hydrogen-bond acceptors (Lipinski definition) is 3. The van der Waals surface area contributed by atoms with E-state index in [1.54, 1.807) is 10.9 Å². The molecule has 2 N–H and O–H groups in total. The van der Waals surface area contributed by atoms with Crippen LogP contribution in [0.1, 0.15) is 13.3 Å². The number of nitrogens with zero attached hydrogens (tertiary/aromatic N) is 2. The van der Waals surface area contributed by atoms with Crippen molar-refractivity contribution in [1.29, 1.82) is 0 Å². The number of amides is 1. The van der Waals surface area contributed by atoms with Crippen molar-refractivity contribution >= 4 is 16.9 Å². The maximum atomic E-state index is 11.7. The molecule has 96 valence electrons. The highest BCUT2D eigenvalue weighted by Crippen LogP contribution is 2.11. The van der Waals surface area contributed by atoms with Gasteiger partial charge in [0.25, 0.3) is 0 Å². The molecule has 0 bridgehead atoms. The van der Waals surface area contributed by atoms with Gasteiger partial charge in [0.15, 0.2) is 0 Å². The number of carbonyl (C=O) groups excluding carboxylic acids is 1. The molecule has 0 radical (unpaired) electrons. The predicted octanol–water partition coefficient (Wildman–Crippen LogP) is 0.923. The molecule has 0 fully saturated rings. The molecular formula is C13H17N3O2. The van der Waals surface area contributed by atoms with Crippen LogP contribution in [-0.2, 0) is 11.3 Å². The van der Waals surface area contributed by atoms with Crippen molar-refractivity contribution in [3.8, 4) is 0 Å². The van der Waals surface area contributed by atoms with Crippen molar-refractivity contribution in [2.75, 3.05) is 6.54 Å². The highest BCUT2D eigenvalue weighted by Gasteiger charge is 2.08. The Kier molecular flexibility index (Phi) is 3.94. The van der Waals surface area contributed by atoms with Gasteiger partial charge in [0.1, 0.15) is 6.54 Å². The summed E-state index contributed by atoms with van der Waals surface area (Å²) >= 11 is 0. The first-order valence-corrected chi connectivity index (χ1v) is 6.05. The fourth-order valence-corrected chi connectivity index (χ4v) is 1.72. The quantitative estimate of drug-likeness (QED) is 0.825. The van der Waals surface area contributed by atoms with Gasteiger partial charge in [-0.05, 0) is 18.6 Å². The van der Waals surface area contributed by atoms with Crippen molar-refractivity contribution in [3.63, 3.8) is 0 Å². The van der Waals surface area contributed by atoms with Crippen LogP contribution < -0.4 is 5.32 Å². The first-order valence-electron chi connectivity index (χ1n) is 6.05. The van der Waals surface area contributed by atoms with E-state index in [1.165, 1.54) is 0 Å². The second-order valence-electron chi connectivity index (χ2n) is 4.23. The lowest BCUT2D eigenvalue weighted by atomic mass is 10.3. The molecule has 0 aliphatic carbocycles. The largest absolute Gasteiger partial charge is 0.391 e. The van der Waals surface area contributed by atoms with Gasteiger partial charge in [0, 0.05) is 6.54 Å². The number of rotatable bonds is 5. The Balaban J connectivity index is 1.99. The van der Waals surface area contributed by atoms with E-state index >= 15 is 0 Å². The minimum Gasteiger partial charge on any atom is -0.391 e. The molecule has 18 heavy (non-hydrogen) atoms. The number of benzene rings is 1. The predicted molar refractivity (Wildman–Crippen MR) is 69.0 cm³/mol. The number of para-hydroxylation sites is 2. The summed E-state index contributed by atoms with van der Waals surface area (Å²) in [6, 6.07) is 7.66. The molecule has 0 saturated carbocycles. The van der Waals surface area contributed by atoms with E-state index in [9.17, 15) is 9.90 Å². The van der Waals surface area contributed by atoms with Crippen LogP contribution in [0.4, 0.5) is 0 Å². The Bertz CT molecular complexity index is 536. The molecule has 2 aromatic rings. The average molecular weight is 247 g/mol. The molecule has 0 saturated heterocycles. The minimum atomic E-state index is -0.478. The van der Waals surface area contributed by atoms with Gasteiger partial charge >= 0.3 is 0 Å². The van der Waals surface area contributed by atoms with Gasteiger partial charge in [-0.3, -0.25) is 4.79 Å². The Labute approximate surface area is 105 Å². The summed E-state index contributed by atoms with van der Waals surface area (Å²) in [6.07, 6.45) is 1.81. The Hall–Kier alpha value is -1.88. The molecule has 1 aromatic heterocycles. The first-order chi connectivity index (χ1) is 8.70. The third-order valence-electron chi connectivity index (χ3n) is 2.85. The monoisotopic (exact) mass is 247 g/mol.